The summed E-state index contributed by atoms with van der Waals surface area (Å²) in [5, 5.41) is 18.3. The van der Waals surface area contributed by atoms with Crippen LogP contribution in [0.5, 0.6) is 0 Å². The predicted molar refractivity (Wildman–Crippen MR) is 89.5 cm³/mol. The van der Waals surface area contributed by atoms with Crippen LogP contribution >= 0.6 is 0 Å². The highest BCUT2D eigenvalue weighted by molar-refractivity contribution is 5.82. The Balaban J connectivity index is 2.09. The van der Waals surface area contributed by atoms with Crippen molar-refractivity contribution in [3.05, 3.63) is 35.4 Å². The lowest BCUT2D eigenvalue weighted by atomic mass is 9.85. The van der Waals surface area contributed by atoms with Gasteiger partial charge < -0.3 is 10.0 Å². The van der Waals surface area contributed by atoms with Crippen molar-refractivity contribution in [2.45, 2.75) is 38.8 Å². The lowest BCUT2D eigenvalue weighted by molar-refractivity contribution is -0.154. The van der Waals surface area contributed by atoms with Crippen LogP contribution < -0.4 is 0 Å². The number of carboxylic acid groups (broad SMARTS) is 1. The maximum absolute atomic E-state index is 12.8. The zero-order valence-corrected chi connectivity index (χ0v) is 14.9. The van der Waals surface area contributed by atoms with Crippen molar-refractivity contribution in [2.75, 3.05) is 0 Å². The number of carbonyl (C=O) groups excluding carboxylic acids is 1. The molecular weight excluding hydrogens is 322 g/mol. The van der Waals surface area contributed by atoms with Gasteiger partial charge in [-0.2, -0.15) is 10.2 Å². The van der Waals surface area contributed by atoms with Gasteiger partial charge in [0.25, 0.3) is 0 Å². The molecule has 1 aliphatic rings. The van der Waals surface area contributed by atoms with E-state index in [-0.39, 0.29) is 18.4 Å². The molecule has 1 unspecified atom stereocenters. The molecule has 2 aromatic rings. The minimum absolute atomic E-state index is 0.0422. The fourth-order valence-corrected chi connectivity index (χ4v) is 3.83. The van der Waals surface area contributed by atoms with Crippen molar-refractivity contribution in [1.82, 2.24) is 24.5 Å². The van der Waals surface area contributed by atoms with E-state index in [1.165, 1.54) is 0 Å². The van der Waals surface area contributed by atoms with Gasteiger partial charge in [0.15, 0.2) is 0 Å². The average molecular weight is 345 g/mol. The first-order chi connectivity index (χ1) is 11.8. The van der Waals surface area contributed by atoms with Gasteiger partial charge in [0.2, 0.25) is 5.91 Å². The summed E-state index contributed by atoms with van der Waals surface area (Å²) in [4.78, 5) is 26.4. The number of aromatic nitrogens is 4. The Hall–Kier alpha value is -2.64. The van der Waals surface area contributed by atoms with Crippen molar-refractivity contribution in [2.24, 2.45) is 20.0 Å². The van der Waals surface area contributed by atoms with Crippen LogP contribution in [0, 0.1) is 12.8 Å². The van der Waals surface area contributed by atoms with Crippen LogP contribution in [0.15, 0.2) is 18.5 Å². The Morgan fingerprint density at radius 2 is 2.12 bits per heavy atom. The molecule has 1 N–H and O–H groups in total. The Kier molecular flexibility index (Phi) is 4.36. The molecule has 8 nitrogen and oxygen atoms in total. The molecule has 0 radical (unpaired) electrons. The minimum atomic E-state index is -0.890. The SMILES string of the molecule is Cc1nn(C)cc1C(C)N1C(=O)CC[C@H](C(=O)O)[C@H]1c1ccnn1C. The van der Waals surface area contributed by atoms with E-state index in [0.717, 1.165) is 17.0 Å². The highest BCUT2D eigenvalue weighted by Crippen LogP contribution is 2.42. The second-order valence-corrected chi connectivity index (χ2v) is 6.63. The summed E-state index contributed by atoms with van der Waals surface area (Å²) in [6.45, 7) is 3.82. The second kappa shape index (κ2) is 6.34. The van der Waals surface area contributed by atoms with E-state index in [4.69, 9.17) is 0 Å². The number of nitrogens with zero attached hydrogens (tertiary/aromatic N) is 5. The Bertz CT molecular complexity index is 809. The standard InChI is InChI=1S/C17H23N5O3/c1-10-13(9-20(3)19-10)11(2)22-15(23)6-5-12(17(24)25)16(22)14-7-8-18-21(14)4/h7-9,11-12,16H,5-6H2,1-4H3,(H,24,25)/t11?,12-,16-/m0/s1. The highest BCUT2D eigenvalue weighted by atomic mass is 16.4. The number of amides is 1. The zero-order valence-electron chi connectivity index (χ0n) is 14.9. The van der Waals surface area contributed by atoms with Crippen LogP contribution in [-0.4, -0.2) is 41.4 Å². The summed E-state index contributed by atoms with van der Waals surface area (Å²) in [7, 11) is 3.60. The molecule has 3 heterocycles. The van der Waals surface area contributed by atoms with Gasteiger partial charge in [0.05, 0.1) is 29.4 Å². The fourth-order valence-electron chi connectivity index (χ4n) is 3.83. The van der Waals surface area contributed by atoms with Gasteiger partial charge in [-0.3, -0.25) is 19.0 Å². The topological polar surface area (TPSA) is 93.2 Å². The van der Waals surface area contributed by atoms with Crippen LogP contribution in [-0.2, 0) is 23.7 Å². The molecular formula is C17H23N5O3. The molecule has 1 amide bonds. The summed E-state index contributed by atoms with van der Waals surface area (Å²) in [6.07, 6.45) is 4.08. The fraction of sp³-hybridized carbons (Fsp3) is 0.529. The Labute approximate surface area is 146 Å². The van der Waals surface area contributed by atoms with Gasteiger partial charge in [0.1, 0.15) is 0 Å². The number of hydrogen-bond acceptors (Lipinski definition) is 4. The number of carbonyl (C=O) groups is 2. The van der Waals surface area contributed by atoms with Gasteiger partial charge in [-0.25, -0.2) is 0 Å². The van der Waals surface area contributed by atoms with E-state index in [9.17, 15) is 14.7 Å². The molecule has 0 aromatic carbocycles. The number of piperidine rings is 1. The minimum Gasteiger partial charge on any atom is -0.481 e. The van der Waals surface area contributed by atoms with Crippen molar-refractivity contribution in [1.29, 1.82) is 0 Å². The van der Waals surface area contributed by atoms with E-state index < -0.39 is 17.9 Å². The normalized spacial score (nSPS) is 22.2. The van der Waals surface area contributed by atoms with Gasteiger partial charge in [-0.15, -0.1) is 0 Å². The molecule has 1 saturated heterocycles. The molecule has 0 bridgehead atoms. The quantitative estimate of drug-likeness (QED) is 0.908. The van der Waals surface area contributed by atoms with E-state index in [0.29, 0.717) is 6.42 Å². The van der Waals surface area contributed by atoms with Crippen LogP contribution in [0.2, 0.25) is 0 Å². The van der Waals surface area contributed by atoms with E-state index in [1.807, 2.05) is 27.1 Å². The lowest BCUT2D eigenvalue weighted by Gasteiger charge is -2.42. The predicted octanol–water partition coefficient (Wildman–Crippen LogP) is 1.59. The summed E-state index contributed by atoms with van der Waals surface area (Å²) >= 11 is 0. The van der Waals surface area contributed by atoms with E-state index in [2.05, 4.69) is 10.2 Å². The zero-order chi connectivity index (χ0) is 18.3. The summed E-state index contributed by atoms with van der Waals surface area (Å²) < 4.78 is 3.36. The summed E-state index contributed by atoms with van der Waals surface area (Å²) in [5.41, 5.74) is 2.49. The van der Waals surface area contributed by atoms with Gasteiger partial charge in [0, 0.05) is 38.5 Å². The maximum Gasteiger partial charge on any atom is 0.309 e. The first-order valence-electron chi connectivity index (χ1n) is 8.33. The van der Waals surface area contributed by atoms with Crippen LogP contribution in [0.25, 0.3) is 0 Å². The van der Waals surface area contributed by atoms with Crippen LogP contribution in [0.4, 0.5) is 0 Å². The monoisotopic (exact) mass is 345 g/mol. The van der Waals surface area contributed by atoms with Gasteiger partial charge in [-0.05, 0) is 26.3 Å². The number of aliphatic carboxylic acids is 1. The molecule has 0 saturated carbocycles. The smallest absolute Gasteiger partial charge is 0.309 e. The summed E-state index contributed by atoms with van der Waals surface area (Å²) in [5.74, 6) is -1.59. The number of likely N-dealkylation sites (tertiary alicyclic amines) is 1. The molecule has 25 heavy (non-hydrogen) atoms. The van der Waals surface area contributed by atoms with Crippen molar-refractivity contribution in [3.63, 3.8) is 0 Å². The van der Waals surface area contributed by atoms with Crippen LogP contribution in [0.1, 0.15) is 48.8 Å². The highest BCUT2D eigenvalue weighted by Gasteiger charge is 2.44. The van der Waals surface area contributed by atoms with Crippen LogP contribution in [0.3, 0.4) is 0 Å². The lowest BCUT2D eigenvalue weighted by Crippen LogP contribution is -2.47. The Morgan fingerprint density at radius 3 is 2.64 bits per heavy atom. The average Bonchev–Trinajstić information content (AvgIpc) is 3.11. The third kappa shape index (κ3) is 2.92. The van der Waals surface area contributed by atoms with Crippen molar-refractivity contribution in [3.8, 4) is 0 Å². The first-order valence-corrected chi connectivity index (χ1v) is 8.33. The van der Waals surface area contributed by atoms with Gasteiger partial charge in [-0.1, -0.05) is 0 Å². The molecule has 3 rings (SSSR count). The second-order valence-electron chi connectivity index (χ2n) is 6.63. The van der Waals surface area contributed by atoms with E-state index >= 15 is 0 Å². The maximum atomic E-state index is 12.8. The molecule has 1 fully saturated rings. The molecule has 0 aliphatic carbocycles. The van der Waals surface area contributed by atoms with E-state index in [1.54, 1.807) is 33.6 Å². The first kappa shape index (κ1) is 17.2. The third-order valence-corrected chi connectivity index (χ3v) is 5.04. The summed E-state index contributed by atoms with van der Waals surface area (Å²) in [6, 6.07) is 0.957. The number of hydrogen-bond donors (Lipinski definition) is 1. The molecule has 2 aromatic heterocycles. The third-order valence-electron chi connectivity index (χ3n) is 5.04. The number of rotatable bonds is 4. The molecule has 1 aliphatic heterocycles. The molecule has 8 heteroatoms. The van der Waals surface area contributed by atoms with Crippen molar-refractivity contribution < 1.29 is 14.7 Å². The number of carboxylic acids is 1. The van der Waals surface area contributed by atoms with Gasteiger partial charge >= 0.3 is 5.97 Å². The van der Waals surface area contributed by atoms with Crippen molar-refractivity contribution >= 4 is 11.9 Å². The molecule has 3 atom stereocenters. The Morgan fingerprint density at radius 1 is 1.40 bits per heavy atom. The number of aryl methyl sites for hydroxylation is 3. The largest absolute Gasteiger partial charge is 0.481 e. The molecule has 0 spiro atoms. The molecule has 134 valence electrons.